The Morgan fingerprint density at radius 2 is 1.82 bits per heavy atom. The topological polar surface area (TPSA) is 107 Å². The van der Waals surface area contributed by atoms with Gasteiger partial charge in [-0.3, -0.25) is 4.79 Å². The number of nitrogens with two attached hydrogens (primary N) is 1. The summed E-state index contributed by atoms with van der Waals surface area (Å²) in [6, 6.07) is 16.9. The van der Waals surface area contributed by atoms with Gasteiger partial charge in [0, 0.05) is 22.6 Å². The number of aromatic nitrogens is 2. The lowest BCUT2D eigenvalue weighted by Crippen LogP contribution is -2.46. The zero-order chi connectivity index (χ0) is 24.0. The zero-order valence-corrected chi connectivity index (χ0v) is 19.4. The molecule has 1 aromatic heterocycles. The van der Waals surface area contributed by atoms with Crippen LogP contribution >= 0.6 is 11.6 Å². The van der Waals surface area contributed by atoms with Crippen LogP contribution in [0.4, 0.5) is 4.39 Å². The molecular formula is C24H20ClFN4O3S. The number of amides is 1. The van der Waals surface area contributed by atoms with E-state index < -0.39 is 27.8 Å². The molecule has 1 aliphatic heterocycles. The van der Waals surface area contributed by atoms with Crippen molar-refractivity contribution < 1.29 is 17.6 Å². The lowest BCUT2D eigenvalue weighted by Gasteiger charge is -2.15. The van der Waals surface area contributed by atoms with Gasteiger partial charge in [-0.15, -0.1) is 0 Å². The molecule has 0 aliphatic carbocycles. The van der Waals surface area contributed by atoms with E-state index in [1.807, 2.05) is 18.2 Å². The van der Waals surface area contributed by atoms with Crippen LogP contribution in [-0.4, -0.2) is 47.7 Å². The summed E-state index contributed by atoms with van der Waals surface area (Å²) in [6.45, 7) is 0. The van der Waals surface area contributed by atoms with Crippen molar-refractivity contribution in [3.05, 3.63) is 83.1 Å². The Balaban J connectivity index is 1.60. The highest BCUT2D eigenvalue weighted by atomic mass is 35.5. The van der Waals surface area contributed by atoms with Crippen molar-refractivity contribution in [3.8, 4) is 16.9 Å². The van der Waals surface area contributed by atoms with Crippen molar-refractivity contribution >= 4 is 38.2 Å². The van der Waals surface area contributed by atoms with Crippen LogP contribution in [0, 0.1) is 5.82 Å². The van der Waals surface area contributed by atoms with Crippen molar-refractivity contribution in [2.24, 2.45) is 5.73 Å². The largest absolute Gasteiger partial charge is 0.347 e. The van der Waals surface area contributed by atoms with Crippen LogP contribution in [0.15, 0.2) is 66.7 Å². The maximum atomic E-state index is 13.5. The Labute approximate surface area is 200 Å². The number of halogens is 2. The molecule has 3 N–H and O–H groups in total. The molecule has 1 fully saturated rings. The third-order valence-electron chi connectivity index (χ3n) is 5.86. The molecule has 7 nitrogen and oxygen atoms in total. The minimum absolute atomic E-state index is 0.157. The van der Waals surface area contributed by atoms with Gasteiger partial charge in [0.25, 0.3) is 5.91 Å². The standard InChI is InChI=1S/C24H20ClFN4O3S/c25-19-4-2-1-3-17(19)23-18-10-5-14(24(31)28-21-13-34(32,33)12-20(21)27)11-22(18)30(29-23)16-8-6-15(26)7-9-16/h1-11,20-21H,12-13,27H2,(H,28,31)/t20-,21-/m0/s1. The van der Waals surface area contributed by atoms with E-state index >= 15 is 0 Å². The number of nitrogens with one attached hydrogen (secondary N) is 1. The van der Waals surface area contributed by atoms with Crippen LogP contribution in [-0.2, 0) is 9.84 Å². The number of hydrogen-bond acceptors (Lipinski definition) is 5. The van der Waals surface area contributed by atoms with Crippen LogP contribution in [0.3, 0.4) is 0 Å². The number of carbonyl (C=O) groups is 1. The molecule has 174 valence electrons. The highest BCUT2D eigenvalue weighted by molar-refractivity contribution is 7.91. The summed E-state index contributed by atoms with van der Waals surface area (Å²) in [7, 11) is -3.28. The van der Waals surface area contributed by atoms with Gasteiger partial charge < -0.3 is 11.1 Å². The Morgan fingerprint density at radius 1 is 1.09 bits per heavy atom. The molecule has 4 aromatic rings. The third-order valence-corrected chi connectivity index (χ3v) is 7.95. The first-order valence-electron chi connectivity index (χ1n) is 10.5. The van der Waals surface area contributed by atoms with Crippen LogP contribution in [0.25, 0.3) is 27.8 Å². The fourth-order valence-corrected chi connectivity index (χ4v) is 6.22. The molecular weight excluding hydrogens is 479 g/mol. The molecule has 1 aliphatic rings. The van der Waals surface area contributed by atoms with Crippen LogP contribution in [0.1, 0.15) is 10.4 Å². The molecule has 1 amide bonds. The fourth-order valence-electron chi connectivity index (χ4n) is 4.16. The first-order chi connectivity index (χ1) is 16.2. The quantitative estimate of drug-likeness (QED) is 0.449. The maximum absolute atomic E-state index is 13.5. The second-order valence-corrected chi connectivity index (χ2v) is 10.8. The molecule has 34 heavy (non-hydrogen) atoms. The lowest BCUT2D eigenvalue weighted by molar-refractivity contribution is 0.0938. The zero-order valence-electron chi connectivity index (χ0n) is 17.8. The third kappa shape index (κ3) is 4.18. The summed E-state index contributed by atoms with van der Waals surface area (Å²) >= 11 is 6.42. The van der Waals surface area contributed by atoms with Crippen molar-refractivity contribution in [2.75, 3.05) is 11.5 Å². The Bertz CT molecular complexity index is 1520. The molecule has 0 unspecified atom stereocenters. The molecule has 1 saturated heterocycles. The molecule has 0 radical (unpaired) electrons. The van der Waals surface area contributed by atoms with Gasteiger partial charge in [-0.25, -0.2) is 17.5 Å². The summed E-state index contributed by atoms with van der Waals surface area (Å²) in [5.74, 6) is -1.16. The summed E-state index contributed by atoms with van der Waals surface area (Å²) in [5, 5.41) is 8.73. The second-order valence-electron chi connectivity index (χ2n) is 8.27. The number of rotatable bonds is 4. The normalized spacial score (nSPS) is 19.4. The van der Waals surface area contributed by atoms with Crippen molar-refractivity contribution in [1.82, 2.24) is 15.1 Å². The van der Waals surface area contributed by atoms with Gasteiger partial charge in [-0.2, -0.15) is 5.10 Å². The van der Waals surface area contributed by atoms with Crippen LogP contribution < -0.4 is 11.1 Å². The molecule has 10 heteroatoms. The van der Waals surface area contributed by atoms with Gasteiger partial charge in [-0.1, -0.05) is 29.8 Å². The van der Waals surface area contributed by atoms with Crippen LogP contribution in [0.5, 0.6) is 0 Å². The van der Waals surface area contributed by atoms with Gasteiger partial charge in [-0.05, 0) is 48.5 Å². The predicted octanol–water partition coefficient (Wildman–Crippen LogP) is 3.34. The first-order valence-corrected chi connectivity index (χ1v) is 12.7. The average molecular weight is 499 g/mol. The monoisotopic (exact) mass is 498 g/mol. The smallest absolute Gasteiger partial charge is 0.251 e. The van der Waals surface area contributed by atoms with Gasteiger partial charge in [0.2, 0.25) is 0 Å². The van der Waals surface area contributed by atoms with E-state index in [-0.39, 0.29) is 17.3 Å². The first kappa shape index (κ1) is 22.5. The number of hydrogen-bond donors (Lipinski definition) is 2. The highest BCUT2D eigenvalue weighted by Gasteiger charge is 2.36. The van der Waals surface area contributed by atoms with E-state index in [0.717, 1.165) is 10.9 Å². The maximum Gasteiger partial charge on any atom is 0.251 e. The minimum atomic E-state index is -3.28. The number of sulfone groups is 1. The second kappa shape index (κ2) is 8.50. The van der Waals surface area contributed by atoms with E-state index in [1.165, 1.54) is 12.1 Å². The Hall–Kier alpha value is -3.27. The summed E-state index contributed by atoms with van der Waals surface area (Å²) in [4.78, 5) is 13.0. The van der Waals surface area contributed by atoms with Crippen molar-refractivity contribution in [3.63, 3.8) is 0 Å². The molecule has 3 aromatic carbocycles. The lowest BCUT2D eigenvalue weighted by atomic mass is 10.1. The van der Waals surface area contributed by atoms with Crippen molar-refractivity contribution in [1.29, 1.82) is 0 Å². The van der Waals surface area contributed by atoms with Crippen molar-refractivity contribution in [2.45, 2.75) is 12.1 Å². The summed E-state index contributed by atoms with van der Waals surface area (Å²) in [5.41, 5.74) is 8.77. The number of carbonyl (C=O) groups excluding carboxylic acids is 1. The molecule has 5 rings (SSSR count). The van der Waals surface area contributed by atoms with Gasteiger partial charge in [0.15, 0.2) is 9.84 Å². The van der Waals surface area contributed by atoms with E-state index in [1.54, 1.807) is 41.1 Å². The molecule has 2 atom stereocenters. The molecule has 2 heterocycles. The van der Waals surface area contributed by atoms with Gasteiger partial charge in [0.05, 0.1) is 33.8 Å². The summed E-state index contributed by atoms with van der Waals surface area (Å²) < 4.78 is 38.9. The number of nitrogens with zero attached hydrogens (tertiary/aromatic N) is 2. The Morgan fingerprint density at radius 3 is 2.50 bits per heavy atom. The number of fused-ring (bicyclic) bond motifs is 1. The van der Waals surface area contributed by atoms with Gasteiger partial charge >= 0.3 is 0 Å². The van der Waals surface area contributed by atoms with Crippen LogP contribution in [0.2, 0.25) is 5.02 Å². The Kier molecular flexibility index (Phi) is 5.63. The predicted molar refractivity (Wildman–Crippen MR) is 129 cm³/mol. The fraction of sp³-hybridized carbons (Fsp3) is 0.167. The van der Waals surface area contributed by atoms with E-state index in [2.05, 4.69) is 5.32 Å². The van der Waals surface area contributed by atoms with Gasteiger partial charge in [0.1, 0.15) is 11.5 Å². The molecule has 0 bridgehead atoms. The SMILES string of the molecule is N[C@H]1CS(=O)(=O)C[C@@H]1NC(=O)c1ccc2c(-c3ccccc3Cl)nn(-c3ccc(F)cc3)c2c1. The van der Waals surface area contributed by atoms with E-state index in [0.29, 0.717) is 27.5 Å². The number of benzene rings is 3. The highest BCUT2D eigenvalue weighted by Crippen LogP contribution is 2.34. The minimum Gasteiger partial charge on any atom is -0.347 e. The average Bonchev–Trinajstić information content (AvgIpc) is 3.30. The molecule has 0 saturated carbocycles. The summed E-state index contributed by atoms with van der Waals surface area (Å²) in [6.07, 6.45) is 0. The molecule has 0 spiro atoms. The van der Waals surface area contributed by atoms with E-state index in [4.69, 9.17) is 22.4 Å². The van der Waals surface area contributed by atoms with E-state index in [9.17, 15) is 17.6 Å².